The quantitative estimate of drug-likeness (QED) is 0.704. The minimum atomic E-state index is -0.484. The molecule has 1 aromatic carbocycles. The normalized spacial score (nSPS) is 21.3. The van der Waals surface area contributed by atoms with Crippen LogP contribution in [0.15, 0.2) is 29.4 Å². The van der Waals surface area contributed by atoms with Gasteiger partial charge in [0.05, 0.1) is 24.8 Å². The molecule has 3 rings (SSSR count). The van der Waals surface area contributed by atoms with Gasteiger partial charge in [-0.2, -0.15) is 0 Å². The van der Waals surface area contributed by atoms with Gasteiger partial charge in [0.1, 0.15) is 11.9 Å². The molecule has 0 bridgehead atoms. The SMILES string of the molecule is COCCNC(=O)C1(C[C@@H]2CC(c3ccccc3OC)=NO2)CCOCC1. The van der Waals surface area contributed by atoms with Gasteiger partial charge in [0, 0.05) is 45.3 Å². The van der Waals surface area contributed by atoms with E-state index in [0.29, 0.717) is 52.0 Å². The predicted octanol–water partition coefficient (Wildman–Crippen LogP) is 2.14. The van der Waals surface area contributed by atoms with Crippen molar-refractivity contribution in [3.63, 3.8) is 0 Å². The molecule has 2 aliphatic heterocycles. The molecule has 1 N–H and O–H groups in total. The van der Waals surface area contributed by atoms with Crippen LogP contribution < -0.4 is 10.1 Å². The maximum atomic E-state index is 12.9. The van der Waals surface area contributed by atoms with Gasteiger partial charge in [0.2, 0.25) is 5.91 Å². The first-order chi connectivity index (χ1) is 13.2. The summed E-state index contributed by atoms with van der Waals surface area (Å²) in [6.07, 6.45) is 2.54. The summed E-state index contributed by atoms with van der Waals surface area (Å²) in [5.74, 6) is 0.829. The van der Waals surface area contributed by atoms with E-state index in [1.165, 1.54) is 0 Å². The van der Waals surface area contributed by atoms with Crippen LogP contribution in [0.5, 0.6) is 5.75 Å². The number of hydrogen-bond acceptors (Lipinski definition) is 6. The molecule has 1 atom stereocenters. The van der Waals surface area contributed by atoms with Crippen LogP contribution in [0.2, 0.25) is 0 Å². The van der Waals surface area contributed by atoms with Crippen molar-refractivity contribution >= 4 is 11.6 Å². The Morgan fingerprint density at radius 1 is 1.30 bits per heavy atom. The van der Waals surface area contributed by atoms with Gasteiger partial charge in [0.25, 0.3) is 0 Å². The number of para-hydroxylation sites is 1. The average Bonchev–Trinajstić information content (AvgIpc) is 3.16. The summed E-state index contributed by atoms with van der Waals surface area (Å²) in [4.78, 5) is 18.6. The maximum absolute atomic E-state index is 12.9. The average molecular weight is 376 g/mol. The predicted molar refractivity (Wildman–Crippen MR) is 101 cm³/mol. The van der Waals surface area contributed by atoms with Crippen molar-refractivity contribution < 1.29 is 23.8 Å². The third-order valence-electron chi connectivity index (χ3n) is 5.29. The van der Waals surface area contributed by atoms with Crippen LogP contribution in [0, 0.1) is 5.41 Å². The van der Waals surface area contributed by atoms with Crippen LogP contribution >= 0.6 is 0 Å². The summed E-state index contributed by atoms with van der Waals surface area (Å²) >= 11 is 0. The highest BCUT2D eigenvalue weighted by atomic mass is 16.6. The molecule has 2 aliphatic rings. The Labute approximate surface area is 160 Å². The molecule has 0 saturated carbocycles. The van der Waals surface area contributed by atoms with Gasteiger partial charge < -0.3 is 24.4 Å². The second-order valence-electron chi connectivity index (χ2n) is 7.02. The van der Waals surface area contributed by atoms with E-state index in [2.05, 4.69) is 10.5 Å². The molecule has 7 heteroatoms. The first-order valence-electron chi connectivity index (χ1n) is 9.39. The number of benzene rings is 1. The van der Waals surface area contributed by atoms with Crippen molar-refractivity contribution in [2.45, 2.75) is 31.8 Å². The molecule has 27 heavy (non-hydrogen) atoms. The van der Waals surface area contributed by atoms with Gasteiger partial charge in [0.15, 0.2) is 0 Å². The summed E-state index contributed by atoms with van der Waals surface area (Å²) in [6, 6.07) is 7.77. The standard InChI is InChI=1S/C20H28N2O5/c1-24-12-9-21-19(23)20(7-10-26-11-8-20)14-15-13-17(22-27-15)16-5-3-4-6-18(16)25-2/h3-6,15H,7-14H2,1-2H3,(H,21,23)/t15-/m0/s1. The lowest BCUT2D eigenvalue weighted by molar-refractivity contribution is -0.140. The van der Waals surface area contributed by atoms with Crippen molar-refractivity contribution in [1.29, 1.82) is 0 Å². The van der Waals surface area contributed by atoms with Crippen LogP contribution in [0.4, 0.5) is 0 Å². The molecular formula is C20H28N2O5. The van der Waals surface area contributed by atoms with Crippen LogP contribution in [0.1, 0.15) is 31.2 Å². The summed E-state index contributed by atoms with van der Waals surface area (Å²) in [5.41, 5.74) is 1.31. The lowest BCUT2D eigenvalue weighted by Gasteiger charge is -2.36. The van der Waals surface area contributed by atoms with Crippen LogP contribution in [0.25, 0.3) is 0 Å². The Bertz CT molecular complexity index is 670. The third kappa shape index (κ3) is 4.59. The highest BCUT2D eigenvalue weighted by Gasteiger charge is 2.43. The van der Waals surface area contributed by atoms with Gasteiger partial charge in [-0.05, 0) is 25.0 Å². The molecule has 0 spiro atoms. The van der Waals surface area contributed by atoms with Crippen molar-refractivity contribution in [3.8, 4) is 5.75 Å². The highest BCUT2D eigenvalue weighted by molar-refractivity contribution is 6.03. The first kappa shape index (κ1) is 19.6. The molecule has 1 saturated heterocycles. The second-order valence-corrected chi connectivity index (χ2v) is 7.02. The Kier molecular flexibility index (Phi) is 6.68. The number of nitrogens with zero attached hydrogens (tertiary/aromatic N) is 1. The van der Waals surface area contributed by atoms with Crippen LogP contribution in [-0.4, -0.2) is 58.3 Å². The number of carbonyl (C=O) groups is 1. The molecule has 0 radical (unpaired) electrons. The van der Waals surface area contributed by atoms with Gasteiger partial charge in [-0.3, -0.25) is 4.79 Å². The van der Waals surface area contributed by atoms with E-state index in [1.54, 1.807) is 14.2 Å². The largest absolute Gasteiger partial charge is 0.496 e. The van der Waals surface area contributed by atoms with Crippen molar-refractivity contribution in [1.82, 2.24) is 5.32 Å². The number of methoxy groups -OCH3 is 2. The van der Waals surface area contributed by atoms with E-state index in [1.807, 2.05) is 24.3 Å². The number of oxime groups is 1. The third-order valence-corrected chi connectivity index (χ3v) is 5.29. The molecule has 0 aromatic heterocycles. The van der Waals surface area contributed by atoms with E-state index in [0.717, 1.165) is 17.0 Å². The van der Waals surface area contributed by atoms with Crippen molar-refractivity contribution in [2.24, 2.45) is 10.6 Å². The zero-order chi connectivity index (χ0) is 19.1. The molecule has 0 aliphatic carbocycles. The fourth-order valence-electron chi connectivity index (χ4n) is 3.76. The molecule has 1 fully saturated rings. The fraction of sp³-hybridized carbons (Fsp3) is 0.600. The van der Waals surface area contributed by atoms with E-state index >= 15 is 0 Å². The number of hydrogen-bond donors (Lipinski definition) is 1. The minimum Gasteiger partial charge on any atom is -0.496 e. The van der Waals surface area contributed by atoms with E-state index in [-0.39, 0.29) is 12.0 Å². The molecule has 7 nitrogen and oxygen atoms in total. The Balaban J connectivity index is 1.66. The number of rotatable bonds is 8. The maximum Gasteiger partial charge on any atom is 0.226 e. The summed E-state index contributed by atoms with van der Waals surface area (Å²) < 4.78 is 16.0. The molecule has 0 unspecified atom stereocenters. The smallest absolute Gasteiger partial charge is 0.226 e. The van der Waals surface area contributed by atoms with Gasteiger partial charge in [-0.1, -0.05) is 17.3 Å². The van der Waals surface area contributed by atoms with Crippen LogP contribution in [0.3, 0.4) is 0 Å². The number of ether oxygens (including phenoxy) is 3. The lowest BCUT2D eigenvalue weighted by atomic mass is 9.74. The van der Waals surface area contributed by atoms with Crippen LogP contribution in [-0.2, 0) is 19.1 Å². The molecular weight excluding hydrogens is 348 g/mol. The number of nitrogens with one attached hydrogen (secondary N) is 1. The Hall–Kier alpha value is -2.12. The summed E-state index contributed by atoms with van der Waals surface area (Å²) in [5, 5.41) is 7.28. The summed E-state index contributed by atoms with van der Waals surface area (Å²) in [7, 11) is 3.27. The van der Waals surface area contributed by atoms with E-state index in [4.69, 9.17) is 19.0 Å². The molecule has 148 valence electrons. The van der Waals surface area contributed by atoms with Gasteiger partial charge in [-0.25, -0.2) is 0 Å². The fourth-order valence-corrected chi connectivity index (χ4v) is 3.76. The molecule has 2 heterocycles. The molecule has 1 aromatic rings. The zero-order valence-electron chi connectivity index (χ0n) is 16.0. The first-order valence-corrected chi connectivity index (χ1v) is 9.39. The van der Waals surface area contributed by atoms with Crippen molar-refractivity contribution in [2.75, 3.05) is 40.6 Å². The highest BCUT2D eigenvalue weighted by Crippen LogP contribution is 2.39. The van der Waals surface area contributed by atoms with E-state index < -0.39 is 5.41 Å². The second kappa shape index (κ2) is 9.19. The van der Waals surface area contributed by atoms with E-state index in [9.17, 15) is 4.79 Å². The van der Waals surface area contributed by atoms with Crippen molar-refractivity contribution in [3.05, 3.63) is 29.8 Å². The van der Waals surface area contributed by atoms with Gasteiger partial charge in [-0.15, -0.1) is 0 Å². The Morgan fingerprint density at radius 3 is 2.81 bits per heavy atom. The zero-order valence-corrected chi connectivity index (χ0v) is 16.0. The molecule has 1 amide bonds. The van der Waals surface area contributed by atoms with Gasteiger partial charge >= 0.3 is 0 Å². The lowest BCUT2D eigenvalue weighted by Crippen LogP contribution is -2.47. The topological polar surface area (TPSA) is 78.4 Å². The number of amides is 1. The number of carbonyl (C=O) groups excluding carboxylic acids is 1. The summed E-state index contributed by atoms with van der Waals surface area (Å²) in [6.45, 7) is 2.18. The monoisotopic (exact) mass is 376 g/mol. The Morgan fingerprint density at radius 2 is 2.07 bits per heavy atom. The minimum absolute atomic E-state index is 0.0530.